The van der Waals surface area contributed by atoms with Gasteiger partial charge in [0.15, 0.2) is 0 Å². The summed E-state index contributed by atoms with van der Waals surface area (Å²) in [7, 11) is 0. The number of hydrogen-bond acceptors (Lipinski definition) is 3. The Morgan fingerprint density at radius 1 is 0.750 bits per heavy atom. The second kappa shape index (κ2) is 9.37. The standard InChI is InChI=1S/C23H22N2O3/c1-2-17-8-6-7-11-21(17)25-23(27)16-22(26)24-18-12-14-20(15-13-18)28-19-9-4-3-5-10-19/h3-15H,2,16H2,1H3,(H,24,26)(H,25,27). The summed E-state index contributed by atoms with van der Waals surface area (Å²) in [4.78, 5) is 24.3. The first-order valence-electron chi connectivity index (χ1n) is 9.14. The van der Waals surface area contributed by atoms with Gasteiger partial charge in [0.25, 0.3) is 0 Å². The maximum atomic E-state index is 12.1. The van der Waals surface area contributed by atoms with Crippen LogP contribution in [0.15, 0.2) is 78.9 Å². The lowest BCUT2D eigenvalue weighted by Gasteiger charge is -2.10. The van der Waals surface area contributed by atoms with Crippen molar-refractivity contribution in [1.82, 2.24) is 0 Å². The molecule has 0 saturated carbocycles. The zero-order valence-corrected chi connectivity index (χ0v) is 15.6. The summed E-state index contributed by atoms with van der Waals surface area (Å²) < 4.78 is 5.71. The van der Waals surface area contributed by atoms with Crippen LogP contribution in [0.2, 0.25) is 0 Å². The van der Waals surface area contributed by atoms with Gasteiger partial charge in [0.2, 0.25) is 11.8 Å². The van der Waals surface area contributed by atoms with Crippen LogP contribution in [0.25, 0.3) is 0 Å². The average molecular weight is 374 g/mol. The summed E-state index contributed by atoms with van der Waals surface area (Å²) in [5, 5.41) is 5.52. The molecule has 0 fully saturated rings. The largest absolute Gasteiger partial charge is 0.457 e. The Labute approximate surface area is 164 Å². The van der Waals surface area contributed by atoms with Gasteiger partial charge in [0, 0.05) is 11.4 Å². The summed E-state index contributed by atoms with van der Waals surface area (Å²) in [6, 6.07) is 24.0. The van der Waals surface area contributed by atoms with Crippen molar-refractivity contribution in [3.8, 4) is 11.5 Å². The Morgan fingerprint density at radius 2 is 1.36 bits per heavy atom. The van der Waals surface area contributed by atoms with E-state index in [1.165, 1.54) is 0 Å². The fourth-order valence-corrected chi connectivity index (χ4v) is 2.73. The lowest BCUT2D eigenvalue weighted by Crippen LogP contribution is -2.21. The summed E-state index contributed by atoms with van der Waals surface area (Å²) in [5.41, 5.74) is 2.38. The van der Waals surface area contributed by atoms with Gasteiger partial charge in [-0.2, -0.15) is 0 Å². The van der Waals surface area contributed by atoms with Crippen molar-refractivity contribution in [2.24, 2.45) is 0 Å². The van der Waals surface area contributed by atoms with Gasteiger partial charge in [-0.1, -0.05) is 43.3 Å². The van der Waals surface area contributed by atoms with E-state index in [2.05, 4.69) is 10.6 Å². The van der Waals surface area contributed by atoms with Gasteiger partial charge in [-0.3, -0.25) is 9.59 Å². The van der Waals surface area contributed by atoms with Crippen LogP contribution in [0.1, 0.15) is 18.9 Å². The number of ether oxygens (including phenoxy) is 1. The van der Waals surface area contributed by atoms with Gasteiger partial charge >= 0.3 is 0 Å². The summed E-state index contributed by atoms with van der Waals surface area (Å²) in [6.07, 6.45) is 0.556. The molecule has 0 aliphatic heterocycles. The van der Waals surface area contributed by atoms with E-state index in [-0.39, 0.29) is 18.2 Å². The van der Waals surface area contributed by atoms with Crippen LogP contribution in [0.5, 0.6) is 11.5 Å². The Bertz CT molecular complexity index is 938. The molecule has 2 N–H and O–H groups in total. The molecule has 0 spiro atoms. The quantitative estimate of drug-likeness (QED) is 0.571. The molecule has 142 valence electrons. The molecule has 0 atom stereocenters. The maximum Gasteiger partial charge on any atom is 0.233 e. The Kier molecular flexibility index (Phi) is 6.41. The summed E-state index contributed by atoms with van der Waals surface area (Å²) in [6.45, 7) is 2.02. The van der Waals surface area contributed by atoms with Crippen LogP contribution < -0.4 is 15.4 Å². The molecule has 0 bridgehead atoms. The highest BCUT2D eigenvalue weighted by atomic mass is 16.5. The van der Waals surface area contributed by atoms with Crippen molar-refractivity contribution in [2.45, 2.75) is 19.8 Å². The lowest BCUT2D eigenvalue weighted by molar-refractivity contribution is -0.123. The fraction of sp³-hybridized carbons (Fsp3) is 0.130. The third-order valence-electron chi connectivity index (χ3n) is 4.11. The average Bonchev–Trinajstić information content (AvgIpc) is 2.70. The van der Waals surface area contributed by atoms with Gasteiger partial charge in [0.1, 0.15) is 17.9 Å². The van der Waals surface area contributed by atoms with Crippen LogP contribution >= 0.6 is 0 Å². The van der Waals surface area contributed by atoms with Crippen LogP contribution in [0.4, 0.5) is 11.4 Å². The molecule has 3 aromatic rings. The topological polar surface area (TPSA) is 67.4 Å². The van der Waals surface area contributed by atoms with E-state index in [1.54, 1.807) is 24.3 Å². The molecular formula is C23H22N2O3. The predicted molar refractivity (Wildman–Crippen MR) is 111 cm³/mol. The molecule has 0 unspecified atom stereocenters. The van der Waals surface area contributed by atoms with Gasteiger partial charge in [-0.05, 0) is 54.4 Å². The highest BCUT2D eigenvalue weighted by Crippen LogP contribution is 2.22. The molecule has 5 nitrogen and oxygen atoms in total. The Balaban J connectivity index is 1.52. The minimum atomic E-state index is -0.372. The van der Waals surface area contributed by atoms with E-state index in [0.717, 1.165) is 23.4 Å². The molecule has 3 aromatic carbocycles. The zero-order valence-electron chi connectivity index (χ0n) is 15.6. The molecular weight excluding hydrogens is 352 g/mol. The van der Waals surface area contributed by atoms with Gasteiger partial charge in [-0.15, -0.1) is 0 Å². The molecule has 0 saturated heterocycles. The van der Waals surface area contributed by atoms with Crippen LogP contribution in [-0.2, 0) is 16.0 Å². The lowest BCUT2D eigenvalue weighted by atomic mass is 10.1. The van der Waals surface area contributed by atoms with E-state index in [1.807, 2.05) is 61.5 Å². The number of rotatable bonds is 7. The zero-order chi connectivity index (χ0) is 19.8. The fourth-order valence-electron chi connectivity index (χ4n) is 2.73. The van der Waals surface area contributed by atoms with Crippen LogP contribution in [0, 0.1) is 0 Å². The van der Waals surface area contributed by atoms with Crippen molar-refractivity contribution in [1.29, 1.82) is 0 Å². The number of benzene rings is 3. The molecule has 0 aliphatic carbocycles. The molecule has 0 aromatic heterocycles. The summed E-state index contributed by atoms with van der Waals surface area (Å²) in [5.74, 6) is 0.687. The third kappa shape index (κ3) is 5.45. The molecule has 28 heavy (non-hydrogen) atoms. The number of anilines is 2. The van der Waals surface area contributed by atoms with E-state index in [4.69, 9.17) is 4.74 Å². The number of hydrogen-bond donors (Lipinski definition) is 2. The molecule has 0 radical (unpaired) electrons. The van der Waals surface area contributed by atoms with Crippen molar-refractivity contribution in [2.75, 3.05) is 10.6 Å². The van der Waals surface area contributed by atoms with Crippen LogP contribution in [-0.4, -0.2) is 11.8 Å². The Morgan fingerprint density at radius 3 is 2.07 bits per heavy atom. The van der Waals surface area contributed by atoms with Crippen molar-refractivity contribution in [3.63, 3.8) is 0 Å². The molecule has 2 amide bonds. The van der Waals surface area contributed by atoms with Crippen molar-refractivity contribution >= 4 is 23.2 Å². The first-order chi connectivity index (χ1) is 13.6. The predicted octanol–water partition coefficient (Wildman–Crippen LogP) is 5.01. The first-order valence-corrected chi connectivity index (χ1v) is 9.14. The van der Waals surface area contributed by atoms with Crippen LogP contribution in [0.3, 0.4) is 0 Å². The number of nitrogens with one attached hydrogen (secondary N) is 2. The highest BCUT2D eigenvalue weighted by molar-refractivity contribution is 6.08. The number of aryl methyl sites for hydroxylation is 1. The number of carbonyl (C=O) groups excluding carboxylic acids is 2. The summed E-state index contributed by atoms with van der Waals surface area (Å²) >= 11 is 0. The molecule has 5 heteroatoms. The van der Waals surface area contributed by atoms with E-state index >= 15 is 0 Å². The molecule has 0 heterocycles. The second-order valence-corrected chi connectivity index (χ2v) is 6.22. The number of para-hydroxylation sites is 2. The Hall–Kier alpha value is -3.60. The van der Waals surface area contributed by atoms with E-state index in [9.17, 15) is 9.59 Å². The molecule has 3 rings (SSSR count). The van der Waals surface area contributed by atoms with Gasteiger partial charge < -0.3 is 15.4 Å². The normalized spacial score (nSPS) is 10.2. The monoisotopic (exact) mass is 374 g/mol. The number of carbonyl (C=O) groups is 2. The highest BCUT2D eigenvalue weighted by Gasteiger charge is 2.11. The minimum absolute atomic E-state index is 0.250. The number of amides is 2. The maximum absolute atomic E-state index is 12.1. The smallest absolute Gasteiger partial charge is 0.233 e. The first kappa shape index (κ1) is 19.2. The van der Waals surface area contributed by atoms with Crippen molar-refractivity contribution < 1.29 is 14.3 Å². The molecule has 0 aliphatic rings. The second-order valence-electron chi connectivity index (χ2n) is 6.22. The van der Waals surface area contributed by atoms with Gasteiger partial charge in [-0.25, -0.2) is 0 Å². The van der Waals surface area contributed by atoms with E-state index < -0.39 is 0 Å². The van der Waals surface area contributed by atoms with Gasteiger partial charge in [0.05, 0.1) is 0 Å². The minimum Gasteiger partial charge on any atom is -0.457 e. The third-order valence-corrected chi connectivity index (χ3v) is 4.11. The SMILES string of the molecule is CCc1ccccc1NC(=O)CC(=O)Nc1ccc(Oc2ccccc2)cc1. The van der Waals surface area contributed by atoms with Crippen molar-refractivity contribution in [3.05, 3.63) is 84.4 Å². The van der Waals surface area contributed by atoms with E-state index in [0.29, 0.717) is 11.4 Å².